The molecule has 1 aliphatic rings. The van der Waals surface area contributed by atoms with Crippen LogP contribution in [0.2, 0.25) is 0 Å². The molecule has 0 saturated carbocycles. The molecule has 1 aromatic carbocycles. The zero-order valence-corrected chi connectivity index (χ0v) is 16.4. The minimum Gasteiger partial charge on any atom is -0.207 e. The van der Waals surface area contributed by atoms with Gasteiger partial charge in [0.2, 0.25) is 0 Å². The van der Waals surface area contributed by atoms with E-state index in [-0.39, 0.29) is 5.82 Å². The second-order valence-electron chi connectivity index (χ2n) is 6.08. The lowest BCUT2D eigenvalue weighted by molar-refractivity contribution is 0.618. The van der Waals surface area contributed by atoms with Crippen molar-refractivity contribution in [3.05, 3.63) is 95.9 Å². The molecule has 0 nitrogen and oxygen atoms in total. The van der Waals surface area contributed by atoms with Crippen LogP contribution in [0.1, 0.15) is 52.0 Å². The molecule has 1 aliphatic carbocycles. The fourth-order valence-corrected chi connectivity index (χ4v) is 2.00. The molecular weight excluding hydrogens is 307 g/mol. The lowest BCUT2D eigenvalue weighted by Crippen LogP contribution is -1.84. The minimum absolute atomic E-state index is 0.132. The van der Waals surface area contributed by atoms with Crippen molar-refractivity contribution in [3.63, 3.8) is 0 Å². The van der Waals surface area contributed by atoms with Gasteiger partial charge in [-0.2, -0.15) is 0 Å². The number of hydrogen-bond acceptors (Lipinski definition) is 0. The summed E-state index contributed by atoms with van der Waals surface area (Å²) in [6.07, 6.45) is 11.4. The Morgan fingerprint density at radius 2 is 1.72 bits per heavy atom. The van der Waals surface area contributed by atoms with Crippen LogP contribution >= 0.6 is 0 Å². The Hall–Kier alpha value is -2.15. The van der Waals surface area contributed by atoms with Crippen molar-refractivity contribution in [2.45, 2.75) is 53.4 Å². The molecule has 0 amide bonds. The molecule has 0 aliphatic heterocycles. The van der Waals surface area contributed by atoms with Gasteiger partial charge in [0.15, 0.2) is 0 Å². The van der Waals surface area contributed by atoms with Crippen LogP contribution in [0.4, 0.5) is 4.39 Å². The topological polar surface area (TPSA) is 0 Å². The zero-order valence-electron chi connectivity index (χ0n) is 16.4. The first-order valence-electron chi connectivity index (χ1n) is 8.93. The maximum absolute atomic E-state index is 12.3. The molecule has 1 aromatic rings. The SMILES string of the molecule is C=C(C)C(=C)C(=C)CC.CCC1=CCCC=C1.Cc1ccccc1F. The standard InChI is InChI=1S/C9H14.C8H12.C7H7F/c1-6-8(4)9(5)7(2)3;1-2-8-6-4-3-5-7-8;1-6-4-2-3-5-7(6)8/h2,4-6H2,1,3H3;4,6-7H,2-3,5H2,1H3;2-5H,1H3. The molecule has 136 valence electrons. The molecule has 0 radical (unpaired) electrons. The van der Waals surface area contributed by atoms with Gasteiger partial charge >= 0.3 is 0 Å². The van der Waals surface area contributed by atoms with E-state index < -0.39 is 0 Å². The van der Waals surface area contributed by atoms with Crippen molar-refractivity contribution < 1.29 is 4.39 Å². The second kappa shape index (κ2) is 13.2. The lowest BCUT2D eigenvalue weighted by Gasteiger charge is -2.04. The Balaban J connectivity index is 0.000000346. The number of rotatable bonds is 4. The van der Waals surface area contributed by atoms with Gasteiger partial charge in [-0.1, -0.05) is 81.2 Å². The van der Waals surface area contributed by atoms with E-state index in [0.29, 0.717) is 5.56 Å². The monoisotopic (exact) mass is 340 g/mol. The largest absolute Gasteiger partial charge is 0.207 e. The van der Waals surface area contributed by atoms with Gasteiger partial charge in [0, 0.05) is 0 Å². The van der Waals surface area contributed by atoms with E-state index in [0.717, 1.165) is 23.1 Å². The number of allylic oxidation sites excluding steroid dienone is 7. The van der Waals surface area contributed by atoms with Gasteiger partial charge in [0.1, 0.15) is 5.82 Å². The number of hydrogen-bond donors (Lipinski definition) is 0. The highest BCUT2D eigenvalue weighted by molar-refractivity contribution is 5.39. The molecule has 0 saturated heterocycles. The fraction of sp³-hybridized carbons (Fsp3) is 0.333. The van der Waals surface area contributed by atoms with Crippen LogP contribution in [-0.2, 0) is 0 Å². The van der Waals surface area contributed by atoms with E-state index in [1.54, 1.807) is 19.1 Å². The highest BCUT2D eigenvalue weighted by atomic mass is 19.1. The Morgan fingerprint density at radius 3 is 2.00 bits per heavy atom. The summed E-state index contributed by atoms with van der Waals surface area (Å²) < 4.78 is 12.3. The Bertz CT molecular complexity index is 608. The zero-order chi connectivity index (χ0) is 19.2. The summed E-state index contributed by atoms with van der Waals surface area (Å²) >= 11 is 0. The Morgan fingerprint density at radius 1 is 1.08 bits per heavy atom. The van der Waals surface area contributed by atoms with Gasteiger partial charge in [-0.3, -0.25) is 0 Å². The van der Waals surface area contributed by atoms with Crippen LogP contribution in [0.25, 0.3) is 0 Å². The summed E-state index contributed by atoms with van der Waals surface area (Å²) in [5, 5.41) is 0. The van der Waals surface area contributed by atoms with Crippen molar-refractivity contribution in [1.82, 2.24) is 0 Å². The first-order valence-corrected chi connectivity index (χ1v) is 8.93. The molecule has 0 fully saturated rings. The molecule has 0 unspecified atom stereocenters. The molecular formula is C24H33F. The summed E-state index contributed by atoms with van der Waals surface area (Å²) in [5.41, 5.74) is 5.30. The molecule has 0 N–H and O–H groups in total. The molecule has 0 atom stereocenters. The number of halogens is 1. The summed E-state index contributed by atoms with van der Waals surface area (Å²) in [5.74, 6) is -0.132. The first kappa shape index (κ1) is 22.9. The van der Waals surface area contributed by atoms with E-state index in [1.165, 1.54) is 30.9 Å². The smallest absolute Gasteiger partial charge is 0.126 e. The van der Waals surface area contributed by atoms with Gasteiger partial charge in [-0.25, -0.2) is 4.39 Å². The van der Waals surface area contributed by atoms with E-state index in [2.05, 4.69) is 51.8 Å². The fourth-order valence-electron chi connectivity index (χ4n) is 2.00. The maximum atomic E-state index is 12.3. The summed E-state index contributed by atoms with van der Waals surface area (Å²) in [6, 6.07) is 6.70. The van der Waals surface area contributed by atoms with Gasteiger partial charge in [-0.05, 0) is 62.3 Å². The van der Waals surface area contributed by atoms with Crippen LogP contribution in [0.3, 0.4) is 0 Å². The van der Waals surface area contributed by atoms with Crippen molar-refractivity contribution in [3.8, 4) is 0 Å². The summed E-state index contributed by atoms with van der Waals surface area (Å²) in [4.78, 5) is 0. The molecule has 0 bridgehead atoms. The molecule has 25 heavy (non-hydrogen) atoms. The Labute approximate surface area is 154 Å². The quantitative estimate of drug-likeness (QED) is 0.489. The molecule has 0 heterocycles. The minimum atomic E-state index is -0.132. The Kier molecular flexibility index (Phi) is 12.0. The normalized spacial score (nSPS) is 12.0. The van der Waals surface area contributed by atoms with E-state index in [9.17, 15) is 4.39 Å². The predicted octanol–water partition coefficient (Wildman–Crippen LogP) is 7.89. The molecule has 1 heteroatoms. The van der Waals surface area contributed by atoms with E-state index in [4.69, 9.17) is 0 Å². The third-order valence-corrected chi connectivity index (χ3v) is 3.93. The maximum Gasteiger partial charge on any atom is 0.126 e. The van der Waals surface area contributed by atoms with Crippen molar-refractivity contribution >= 4 is 0 Å². The van der Waals surface area contributed by atoms with Gasteiger partial charge in [-0.15, -0.1) is 0 Å². The molecule has 2 rings (SSSR count). The average molecular weight is 341 g/mol. The van der Waals surface area contributed by atoms with Gasteiger partial charge in [0.25, 0.3) is 0 Å². The highest BCUT2D eigenvalue weighted by Gasteiger charge is 1.95. The van der Waals surface area contributed by atoms with Gasteiger partial charge in [0.05, 0.1) is 0 Å². The molecule has 0 spiro atoms. The van der Waals surface area contributed by atoms with Crippen LogP contribution in [0, 0.1) is 12.7 Å². The summed E-state index contributed by atoms with van der Waals surface area (Å²) in [6.45, 7) is 19.4. The van der Waals surface area contributed by atoms with E-state index in [1.807, 2.05) is 13.0 Å². The number of aryl methyl sites for hydroxylation is 1. The van der Waals surface area contributed by atoms with E-state index >= 15 is 0 Å². The predicted molar refractivity (Wildman–Crippen MR) is 111 cm³/mol. The average Bonchev–Trinajstić information content (AvgIpc) is 2.64. The first-order chi connectivity index (χ1) is 11.8. The van der Waals surface area contributed by atoms with Crippen molar-refractivity contribution in [2.24, 2.45) is 0 Å². The molecule has 0 aromatic heterocycles. The lowest BCUT2D eigenvalue weighted by atomic mass is 10.0. The van der Waals surface area contributed by atoms with Crippen molar-refractivity contribution in [1.29, 1.82) is 0 Å². The highest BCUT2D eigenvalue weighted by Crippen LogP contribution is 2.15. The number of benzene rings is 1. The van der Waals surface area contributed by atoms with Crippen LogP contribution in [0.15, 0.2) is 84.5 Å². The third kappa shape index (κ3) is 10.3. The van der Waals surface area contributed by atoms with Crippen LogP contribution in [-0.4, -0.2) is 0 Å². The third-order valence-electron chi connectivity index (χ3n) is 3.93. The van der Waals surface area contributed by atoms with Crippen LogP contribution < -0.4 is 0 Å². The van der Waals surface area contributed by atoms with Crippen LogP contribution in [0.5, 0.6) is 0 Å². The summed E-state index contributed by atoms with van der Waals surface area (Å²) in [7, 11) is 0. The second-order valence-corrected chi connectivity index (χ2v) is 6.08. The van der Waals surface area contributed by atoms with Crippen molar-refractivity contribution in [2.75, 3.05) is 0 Å². The van der Waals surface area contributed by atoms with Gasteiger partial charge < -0.3 is 0 Å².